The lowest BCUT2D eigenvalue weighted by Gasteiger charge is -2.47. The van der Waals surface area contributed by atoms with Gasteiger partial charge in [0.2, 0.25) is 0 Å². The molecule has 0 heterocycles. The lowest BCUT2D eigenvalue weighted by molar-refractivity contribution is -0.125. The molecule has 0 aromatic carbocycles. The minimum atomic E-state index is -0.0992. The SMILES string of the molecule is CC1CCC(C(O)CC2CCC3C(=O)C(CCC4CC4)CC3C2)CC1C1CCCC2CCCCCC21. The van der Waals surface area contributed by atoms with Crippen molar-refractivity contribution < 1.29 is 9.90 Å². The third kappa shape index (κ3) is 5.65. The van der Waals surface area contributed by atoms with Crippen LogP contribution in [0.2, 0.25) is 0 Å². The second-order valence-electron chi connectivity index (χ2n) is 15.1. The average Bonchev–Trinajstić information content (AvgIpc) is 3.69. The molecule has 11 unspecified atom stereocenters. The predicted molar refractivity (Wildman–Crippen MR) is 147 cm³/mol. The van der Waals surface area contributed by atoms with E-state index in [9.17, 15) is 9.90 Å². The highest BCUT2D eigenvalue weighted by Crippen LogP contribution is 2.52. The summed E-state index contributed by atoms with van der Waals surface area (Å²) in [5.41, 5.74) is 0. The van der Waals surface area contributed by atoms with Crippen LogP contribution in [-0.2, 0) is 4.79 Å². The van der Waals surface area contributed by atoms with Gasteiger partial charge in [0.15, 0.2) is 0 Å². The molecule has 0 bridgehead atoms. The summed E-state index contributed by atoms with van der Waals surface area (Å²) in [7, 11) is 0. The maximum absolute atomic E-state index is 13.0. The van der Waals surface area contributed by atoms with Gasteiger partial charge in [-0.05, 0) is 124 Å². The predicted octanol–water partition coefficient (Wildman–Crippen LogP) is 8.60. The molecule has 0 aromatic rings. The van der Waals surface area contributed by atoms with E-state index in [0.717, 1.165) is 48.3 Å². The van der Waals surface area contributed by atoms with Crippen LogP contribution >= 0.6 is 0 Å². The Labute approximate surface area is 222 Å². The minimum absolute atomic E-state index is 0.0992. The first kappa shape index (κ1) is 25.9. The van der Waals surface area contributed by atoms with Crippen LogP contribution in [0.1, 0.15) is 135 Å². The number of aliphatic hydroxyl groups excluding tert-OH is 1. The van der Waals surface area contributed by atoms with Crippen LogP contribution < -0.4 is 0 Å². The molecule has 11 atom stereocenters. The fraction of sp³-hybridized carbons (Fsp3) is 0.971. The molecular formula is C34H56O2. The Morgan fingerprint density at radius 3 is 2.33 bits per heavy atom. The molecule has 36 heavy (non-hydrogen) atoms. The monoisotopic (exact) mass is 496 g/mol. The average molecular weight is 497 g/mol. The Morgan fingerprint density at radius 2 is 1.47 bits per heavy atom. The summed E-state index contributed by atoms with van der Waals surface area (Å²) in [4.78, 5) is 13.0. The molecule has 0 saturated heterocycles. The summed E-state index contributed by atoms with van der Waals surface area (Å²) < 4.78 is 0. The van der Waals surface area contributed by atoms with Gasteiger partial charge in [0.25, 0.3) is 0 Å². The molecule has 0 amide bonds. The van der Waals surface area contributed by atoms with Crippen molar-refractivity contribution in [2.75, 3.05) is 0 Å². The lowest BCUT2D eigenvalue weighted by Crippen LogP contribution is -2.40. The summed E-state index contributed by atoms with van der Waals surface area (Å²) in [5, 5.41) is 11.5. The van der Waals surface area contributed by atoms with Gasteiger partial charge in [0, 0.05) is 11.8 Å². The van der Waals surface area contributed by atoms with Gasteiger partial charge in [-0.3, -0.25) is 4.79 Å². The van der Waals surface area contributed by atoms with Crippen molar-refractivity contribution in [3.05, 3.63) is 0 Å². The molecule has 6 saturated carbocycles. The molecule has 0 radical (unpaired) electrons. The van der Waals surface area contributed by atoms with Crippen LogP contribution in [0.4, 0.5) is 0 Å². The first-order chi connectivity index (χ1) is 17.6. The highest BCUT2D eigenvalue weighted by molar-refractivity contribution is 5.86. The van der Waals surface area contributed by atoms with Gasteiger partial charge in [-0.25, -0.2) is 0 Å². The Bertz CT molecular complexity index is 741. The van der Waals surface area contributed by atoms with Gasteiger partial charge in [0.1, 0.15) is 5.78 Å². The standard InChI is InChI=1S/C34H56O2/c1-22-10-15-26(21-32(22)31-9-5-7-25-6-3-2-4-8-29(25)31)33(35)19-24-14-17-30-28(18-24)20-27(34(30)36)16-13-23-11-12-23/h22-33,35H,2-21H2,1H3. The molecule has 0 spiro atoms. The zero-order valence-corrected chi connectivity index (χ0v) is 23.4. The summed E-state index contributed by atoms with van der Waals surface area (Å²) >= 11 is 0. The van der Waals surface area contributed by atoms with E-state index in [1.54, 1.807) is 0 Å². The molecule has 2 heteroatoms. The number of aliphatic hydroxyl groups is 1. The second kappa shape index (κ2) is 11.4. The van der Waals surface area contributed by atoms with E-state index in [4.69, 9.17) is 0 Å². The Kier molecular flexibility index (Phi) is 8.19. The van der Waals surface area contributed by atoms with Gasteiger partial charge >= 0.3 is 0 Å². The van der Waals surface area contributed by atoms with Crippen LogP contribution in [0.15, 0.2) is 0 Å². The third-order valence-corrected chi connectivity index (χ3v) is 12.9. The van der Waals surface area contributed by atoms with Crippen molar-refractivity contribution >= 4 is 5.78 Å². The van der Waals surface area contributed by atoms with Crippen LogP contribution in [0.3, 0.4) is 0 Å². The molecule has 1 N–H and O–H groups in total. The number of rotatable bonds is 7. The number of hydrogen-bond acceptors (Lipinski definition) is 2. The molecule has 6 fully saturated rings. The highest BCUT2D eigenvalue weighted by atomic mass is 16.3. The van der Waals surface area contributed by atoms with Crippen molar-refractivity contribution in [1.82, 2.24) is 0 Å². The molecule has 6 aliphatic carbocycles. The fourth-order valence-corrected chi connectivity index (χ4v) is 10.7. The zero-order valence-electron chi connectivity index (χ0n) is 23.4. The third-order valence-electron chi connectivity index (χ3n) is 12.9. The van der Waals surface area contributed by atoms with Crippen molar-refractivity contribution in [1.29, 1.82) is 0 Å². The molecule has 0 aliphatic heterocycles. The van der Waals surface area contributed by atoms with Gasteiger partial charge in [-0.2, -0.15) is 0 Å². The topological polar surface area (TPSA) is 37.3 Å². The number of Topliss-reactive ketones (excluding diaryl/α,β-unsaturated/α-hetero) is 1. The van der Waals surface area contributed by atoms with E-state index in [1.807, 2.05) is 0 Å². The van der Waals surface area contributed by atoms with Crippen LogP contribution in [0, 0.1) is 65.1 Å². The van der Waals surface area contributed by atoms with Gasteiger partial charge < -0.3 is 5.11 Å². The van der Waals surface area contributed by atoms with Crippen LogP contribution in [-0.4, -0.2) is 17.0 Å². The van der Waals surface area contributed by atoms with E-state index < -0.39 is 0 Å². The van der Waals surface area contributed by atoms with E-state index in [-0.39, 0.29) is 6.10 Å². The Morgan fingerprint density at radius 1 is 0.694 bits per heavy atom. The summed E-state index contributed by atoms with van der Waals surface area (Å²) in [6, 6.07) is 0. The molecule has 6 rings (SSSR count). The highest BCUT2D eigenvalue weighted by Gasteiger charge is 2.46. The quantitative estimate of drug-likeness (QED) is 0.383. The van der Waals surface area contributed by atoms with Gasteiger partial charge in [-0.1, -0.05) is 64.7 Å². The largest absolute Gasteiger partial charge is 0.393 e. The molecule has 0 aromatic heterocycles. The smallest absolute Gasteiger partial charge is 0.139 e. The number of hydrogen-bond donors (Lipinski definition) is 1. The zero-order chi connectivity index (χ0) is 24.6. The Balaban J connectivity index is 1.03. The number of carbonyl (C=O) groups excluding carboxylic acids is 1. The molecular weight excluding hydrogens is 440 g/mol. The first-order valence-electron chi connectivity index (χ1n) is 16.8. The molecule has 6 aliphatic rings. The number of ketones is 1. The summed E-state index contributed by atoms with van der Waals surface area (Å²) in [6.07, 6.45) is 26.7. The molecule has 2 nitrogen and oxygen atoms in total. The first-order valence-corrected chi connectivity index (χ1v) is 16.8. The number of fused-ring (bicyclic) bond motifs is 2. The van der Waals surface area contributed by atoms with Crippen molar-refractivity contribution in [2.45, 2.75) is 141 Å². The summed E-state index contributed by atoms with van der Waals surface area (Å²) in [6.45, 7) is 2.55. The van der Waals surface area contributed by atoms with E-state index in [2.05, 4.69) is 6.92 Å². The maximum atomic E-state index is 13.0. The van der Waals surface area contributed by atoms with Crippen LogP contribution in [0.5, 0.6) is 0 Å². The van der Waals surface area contributed by atoms with Crippen molar-refractivity contribution in [3.8, 4) is 0 Å². The summed E-state index contributed by atoms with van der Waals surface area (Å²) in [5.74, 6) is 8.85. The van der Waals surface area contributed by atoms with E-state index in [0.29, 0.717) is 35.4 Å². The second-order valence-corrected chi connectivity index (χ2v) is 15.1. The normalized spacial score (nSPS) is 46.6. The van der Waals surface area contributed by atoms with Gasteiger partial charge in [-0.15, -0.1) is 0 Å². The fourth-order valence-electron chi connectivity index (χ4n) is 10.7. The molecule has 204 valence electrons. The lowest BCUT2D eigenvalue weighted by atomic mass is 9.58. The van der Waals surface area contributed by atoms with Crippen molar-refractivity contribution in [2.24, 2.45) is 65.1 Å². The minimum Gasteiger partial charge on any atom is -0.393 e. The van der Waals surface area contributed by atoms with Crippen molar-refractivity contribution in [3.63, 3.8) is 0 Å². The van der Waals surface area contributed by atoms with Crippen LogP contribution in [0.25, 0.3) is 0 Å². The Hall–Kier alpha value is -0.370. The van der Waals surface area contributed by atoms with E-state index >= 15 is 0 Å². The number of carbonyl (C=O) groups is 1. The van der Waals surface area contributed by atoms with Gasteiger partial charge in [0.05, 0.1) is 6.10 Å². The maximum Gasteiger partial charge on any atom is 0.139 e. The van der Waals surface area contributed by atoms with E-state index in [1.165, 1.54) is 116 Å².